The summed E-state index contributed by atoms with van der Waals surface area (Å²) < 4.78 is 0. The van der Waals surface area contributed by atoms with E-state index in [2.05, 4.69) is 55.8 Å². The highest BCUT2D eigenvalue weighted by Gasteiger charge is 2.20. The highest BCUT2D eigenvalue weighted by molar-refractivity contribution is 5.86. The first-order chi connectivity index (χ1) is 16.6. The third-order valence-corrected chi connectivity index (χ3v) is 6.31. The monoisotopic (exact) mass is 462 g/mol. The largest absolute Gasteiger partial charge is 0.370 e. The van der Waals surface area contributed by atoms with Gasteiger partial charge in [-0.25, -0.2) is 4.98 Å². The van der Waals surface area contributed by atoms with Gasteiger partial charge in [0.05, 0.1) is 24.5 Å². The molecule has 0 aliphatic carbocycles. The number of nitrogens with two attached hydrogens (primary N) is 1. The standard InChI is InChI=1S/C26H34N6O2/c27-24(33)9-3-1-2-8-22(30-25(34)18-32-14-12-28-13-15-32)26-29-17-23(31-26)21-11-10-19-6-4-5-7-20(19)16-21/h4-7,10-11,16-17,22,28H,1-3,8-9,12-15,18H2,(H2,27,33)(H,29,31)(H,30,34). The molecule has 2 aromatic carbocycles. The van der Waals surface area contributed by atoms with Gasteiger partial charge in [0.25, 0.3) is 0 Å². The second kappa shape index (κ2) is 11.8. The number of amides is 2. The number of aromatic nitrogens is 2. The number of hydrogen-bond acceptors (Lipinski definition) is 5. The van der Waals surface area contributed by atoms with Crippen LogP contribution in [0, 0.1) is 0 Å². The van der Waals surface area contributed by atoms with Gasteiger partial charge in [-0.3, -0.25) is 14.5 Å². The minimum absolute atomic E-state index is 0.00712. The van der Waals surface area contributed by atoms with Crippen molar-refractivity contribution >= 4 is 22.6 Å². The highest BCUT2D eigenvalue weighted by Crippen LogP contribution is 2.25. The fourth-order valence-electron chi connectivity index (χ4n) is 4.43. The first-order valence-corrected chi connectivity index (χ1v) is 12.1. The summed E-state index contributed by atoms with van der Waals surface area (Å²) in [6.07, 6.45) is 5.49. The molecule has 1 aliphatic rings. The van der Waals surface area contributed by atoms with Gasteiger partial charge in [0.2, 0.25) is 11.8 Å². The van der Waals surface area contributed by atoms with Gasteiger partial charge in [0.15, 0.2) is 0 Å². The minimum Gasteiger partial charge on any atom is -0.370 e. The average Bonchev–Trinajstić information content (AvgIpc) is 3.33. The smallest absolute Gasteiger partial charge is 0.234 e. The van der Waals surface area contributed by atoms with Gasteiger partial charge in [-0.1, -0.05) is 49.2 Å². The van der Waals surface area contributed by atoms with Crippen LogP contribution in [0.3, 0.4) is 0 Å². The molecule has 0 spiro atoms. The van der Waals surface area contributed by atoms with E-state index >= 15 is 0 Å². The number of nitrogens with zero attached hydrogens (tertiary/aromatic N) is 2. The van der Waals surface area contributed by atoms with Crippen molar-refractivity contribution in [2.45, 2.75) is 38.1 Å². The third-order valence-electron chi connectivity index (χ3n) is 6.31. The number of aromatic amines is 1. The molecule has 1 saturated heterocycles. The Balaban J connectivity index is 1.44. The van der Waals surface area contributed by atoms with Gasteiger partial charge < -0.3 is 21.4 Å². The fraction of sp³-hybridized carbons (Fsp3) is 0.423. The lowest BCUT2D eigenvalue weighted by Crippen LogP contribution is -2.48. The maximum absolute atomic E-state index is 12.8. The molecule has 1 aromatic heterocycles. The number of piperazine rings is 1. The number of unbranched alkanes of at least 4 members (excludes halogenated alkanes) is 2. The van der Waals surface area contributed by atoms with Crippen molar-refractivity contribution in [3.05, 3.63) is 54.5 Å². The van der Waals surface area contributed by atoms with E-state index in [-0.39, 0.29) is 17.9 Å². The lowest BCUT2D eigenvalue weighted by atomic mass is 10.1. The predicted octanol–water partition coefficient (Wildman–Crippen LogP) is 2.73. The van der Waals surface area contributed by atoms with Crippen molar-refractivity contribution in [3.63, 3.8) is 0 Å². The number of carbonyl (C=O) groups is 2. The summed E-state index contributed by atoms with van der Waals surface area (Å²) in [7, 11) is 0. The van der Waals surface area contributed by atoms with Crippen molar-refractivity contribution in [1.29, 1.82) is 0 Å². The van der Waals surface area contributed by atoms with Gasteiger partial charge in [0, 0.05) is 38.2 Å². The van der Waals surface area contributed by atoms with E-state index in [1.54, 1.807) is 0 Å². The SMILES string of the molecule is NC(=O)CCCCCC(NC(=O)CN1CCNCC1)c1ncc(-c2ccc3ccccc3c2)[nH]1. The van der Waals surface area contributed by atoms with E-state index in [4.69, 9.17) is 5.73 Å². The highest BCUT2D eigenvalue weighted by atomic mass is 16.2. The number of fused-ring (bicyclic) bond motifs is 1. The summed E-state index contributed by atoms with van der Waals surface area (Å²) in [5, 5.41) is 8.87. The first-order valence-electron chi connectivity index (χ1n) is 12.1. The summed E-state index contributed by atoms with van der Waals surface area (Å²) in [4.78, 5) is 34.1. The Morgan fingerprint density at radius 1 is 1.06 bits per heavy atom. The Hall–Kier alpha value is -3.23. The number of imidazole rings is 1. The number of H-pyrrole nitrogens is 1. The molecule has 4 rings (SSSR count). The minimum atomic E-state index is -0.271. The van der Waals surface area contributed by atoms with Crippen LogP contribution in [0.25, 0.3) is 22.0 Å². The molecule has 1 fully saturated rings. The van der Waals surface area contributed by atoms with Crippen LogP contribution in [0.1, 0.15) is 44.0 Å². The average molecular weight is 463 g/mol. The van der Waals surface area contributed by atoms with Crippen molar-refractivity contribution < 1.29 is 9.59 Å². The van der Waals surface area contributed by atoms with Gasteiger partial charge >= 0.3 is 0 Å². The Labute approximate surface area is 200 Å². The molecule has 0 radical (unpaired) electrons. The van der Waals surface area contributed by atoms with Crippen LogP contribution in [0.2, 0.25) is 0 Å². The fourth-order valence-corrected chi connectivity index (χ4v) is 4.43. The third kappa shape index (κ3) is 6.65. The summed E-state index contributed by atoms with van der Waals surface area (Å²) in [6.45, 7) is 3.95. The summed E-state index contributed by atoms with van der Waals surface area (Å²) in [6, 6.07) is 14.4. The molecule has 0 bridgehead atoms. The van der Waals surface area contributed by atoms with Crippen molar-refractivity contribution in [2.75, 3.05) is 32.7 Å². The maximum atomic E-state index is 12.8. The molecule has 8 nitrogen and oxygen atoms in total. The number of benzene rings is 2. The topological polar surface area (TPSA) is 116 Å². The van der Waals surface area contributed by atoms with E-state index in [1.807, 2.05) is 18.3 Å². The van der Waals surface area contributed by atoms with E-state index in [1.165, 1.54) is 10.8 Å². The van der Waals surface area contributed by atoms with Gasteiger partial charge in [0.1, 0.15) is 5.82 Å². The number of carbonyl (C=O) groups excluding carboxylic acids is 2. The van der Waals surface area contributed by atoms with Crippen LogP contribution in [0.15, 0.2) is 48.7 Å². The van der Waals surface area contributed by atoms with Crippen LogP contribution in [0.5, 0.6) is 0 Å². The maximum Gasteiger partial charge on any atom is 0.234 e. The molecule has 0 saturated carbocycles. The molecule has 8 heteroatoms. The van der Waals surface area contributed by atoms with Crippen molar-refractivity contribution in [2.24, 2.45) is 5.73 Å². The van der Waals surface area contributed by atoms with Gasteiger partial charge in [-0.2, -0.15) is 0 Å². The van der Waals surface area contributed by atoms with E-state index in [0.29, 0.717) is 13.0 Å². The second-order valence-corrected chi connectivity index (χ2v) is 8.96. The predicted molar refractivity (Wildman–Crippen MR) is 134 cm³/mol. The Morgan fingerprint density at radius 3 is 2.65 bits per heavy atom. The zero-order chi connectivity index (χ0) is 23.8. The molecule has 5 N–H and O–H groups in total. The van der Waals surface area contributed by atoms with E-state index < -0.39 is 0 Å². The van der Waals surface area contributed by atoms with Gasteiger partial charge in [-0.15, -0.1) is 0 Å². The van der Waals surface area contributed by atoms with Crippen molar-refractivity contribution in [3.8, 4) is 11.3 Å². The molecule has 34 heavy (non-hydrogen) atoms. The Morgan fingerprint density at radius 2 is 1.85 bits per heavy atom. The van der Waals surface area contributed by atoms with Crippen LogP contribution < -0.4 is 16.4 Å². The van der Waals surface area contributed by atoms with E-state index in [9.17, 15) is 9.59 Å². The lowest BCUT2D eigenvalue weighted by molar-refractivity contribution is -0.123. The Bertz CT molecular complexity index is 1110. The molecule has 2 heterocycles. The zero-order valence-corrected chi connectivity index (χ0v) is 19.6. The van der Waals surface area contributed by atoms with E-state index in [0.717, 1.165) is 68.9 Å². The lowest BCUT2D eigenvalue weighted by Gasteiger charge is -2.27. The van der Waals surface area contributed by atoms with Crippen molar-refractivity contribution in [1.82, 2.24) is 25.5 Å². The van der Waals surface area contributed by atoms with Crippen LogP contribution in [-0.2, 0) is 9.59 Å². The molecule has 3 aromatic rings. The van der Waals surface area contributed by atoms with Crippen LogP contribution in [0.4, 0.5) is 0 Å². The van der Waals surface area contributed by atoms with Gasteiger partial charge in [-0.05, 0) is 29.7 Å². The number of rotatable bonds is 11. The number of hydrogen-bond donors (Lipinski definition) is 4. The zero-order valence-electron chi connectivity index (χ0n) is 19.6. The normalized spacial score (nSPS) is 15.3. The number of primary amides is 1. The molecular formula is C26H34N6O2. The van der Waals surface area contributed by atoms with Crippen LogP contribution >= 0.6 is 0 Å². The molecule has 1 aliphatic heterocycles. The van der Waals surface area contributed by atoms with Crippen LogP contribution in [-0.4, -0.2) is 59.4 Å². The molecule has 1 atom stereocenters. The molecule has 1 unspecified atom stereocenters. The summed E-state index contributed by atoms with van der Waals surface area (Å²) >= 11 is 0. The Kier molecular flexibility index (Phi) is 8.27. The summed E-state index contributed by atoms with van der Waals surface area (Å²) in [5.41, 5.74) is 7.24. The second-order valence-electron chi connectivity index (χ2n) is 8.96. The molecule has 180 valence electrons. The summed E-state index contributed by atoms with van der Waals surface area (Å²) in [5.74, 6) is 0.492. The molecule has 2 amide bonds. The first kappa shape index (κ1) is 23.9. The number of nitrogens with one attached hydrogen (secondary N) is 3. The molecular weight excluding hydrogens is 428 g/mol. The quantitative estimate of drug-likeness (QED) is 0.327.